The van der Waals surface area contributed by atoms with Crippen molar-refractivity contribution in [3.63, 3.8) is 0 Å². The van der Waals surface area contributed by atoms with Crippen molar-refractivity contribution in [2.75, 3.05) is 50.7 Å². The number of anilines is 1. The minimum atomic E-state index is 0.875. The van der Waals surface area contributed by atoms with Crippen molar-refractivity contribution in [3.05, 3.63) is 18.5 Å². The van der Waals surface area contributed by atoms with Gasteiger partial charge in [-0.3, -0.25) is 4.90 Å². The molecule has 2 aliphatic rings. The molecule has 3 heterocycles. The van der Waals surface area contributed by atoms with Gasteiger partial charge in [0.25, 0.3) is 0 Å². The van der Waals surface area contributed by atoms with Crippen LogP contribution in [-0.4, -0.2) is 60.7 Å². The van der Waals surface area contributed by atoms with Gasteiger partial charge in [-0.2, -0.15) is 0 Å². The van der Waals surface area contributed by atoms with Crippen LogP contribution in [0.25, 0.3) is 0 Å². The van der Waals surface area contributed by atoms with Crippen LogP contribution >= 0.6 is 0 Å². The van der Waals surface area contributed by atoms with Crippen LogP contribution in [0.2, 0.25) is 0 Å². The summed E-state index contributed by atoms with van der Waals surface area (Å²) in [5.74, 6) is 1.79. The molecule has 1 aromatic rings. The lowest BCUT2D eigenvalue weighted by Crippen LogP contribution is -2.49. The summed E-state index contributed by atoms with van der Waals surface area (Å²) >= 11 is 0. The highest BCUT2D eigenvalue weighted by atomic mass is 15.3. The van der Waals surface area contributed by atoms with Crippen molar-refractivity contribution in [2.45, 2.75) is 6.42 Å². The molecule has 0 aromatic carbocycles. The molecule has 18 heavy (non-hydrogen) atoms. The number of aromatic nitrogens is 2. The normalized spacial score (nSPS) is 21.9. The molecule has 1 N–H and O–H groups in total. The van der Waals surface area contributed by atoms with Crippen LogP contribution in [0, 0.1) is 5.92 Å². The highest BCUT2D eigenvalue weighted by Gasteiger charge is 2.21. The Morgan fingerprint density at radius 1 is 1.11 bits per heavy atom. The summed E-state index contributed by atoms with van der Waals surface area (Å²) in [5.41, 5.74) is 0. The van der Waals surface area contributed by atoms with E-state index in [0.717, 1.165) is 38.0 Å². The Morgan fingerprint density at radius 2 is 1.83 bits per heavy atom. The number of nitrogens with one attached hydrogen (secondary N) is 1. The van der Waals surface area contributed by atoms with Gasteiger partial charge < -0.3 is 10.2 Å². The first-order valence-electron chi connectivity index (χ1n) is 6.87. The molecular formula is C13H21N5. The van der Waals surface area contributed by atoms with Gasteiger partial charge in [-0.15, -0.1) is 0 Å². The summed E-state index contributed by atoms with van der Waals surface area (Å²) in [7, 11) is 0. The summed E-state index contributed by atoms with van der Waals surface area (Å²) < 4.78 is 0. The second-order valence-corrected chi connectivity index (χ2v) is 5.19. The maximum absolute atomic E-state index is 4.31. The van der Waals surface area contributed by atoms with Gasteiger partial charge in [0.2, 0.25) is 5.95 Å². The Kier molecular flexibility index (Phi) is 3.71. The molecule has 2 aliphatic heterocycles. The molecule has 0 bridgehead atoms. The quantitative estimate of drug-likeness (QED) is 0.824. The van der Waals surface area contributed by atoms with Gasteiger partial charge in [0.1, 0.15) is 0 Å². The first-order chi connectivity index (χ1) is 8.92. The monoisotopic (exact) mass is 247 g/mol. The van der Waals surface area contributed by atoms with Crippen molar-refractivity contribution in [3.8, 4) is 0 Å². The summed E-state index contributed by atoms with van der Waals surface area (Å²) in [4.78, 5) is 13.5. The molecule has 0 saturated carbocycles. The Hall–Kier alpha value is -1.20. The van der Waals surface area contributed by atoms with E-state index in [4.69, 9.17) is 0 Å². The van der Waals surface area contributed by atoms with E-state index in [9.17, 15) is 0 Å². The lowest BCUT2D eigenvalue weighted by atomic mass is 9.99. The van der Waals surface area contributed by atoms with Gasteiger partial charge in [-0.1, -0.05) is 0 Å². The van der Waals surface area contributed by atoms with Gasteiger partial charge in [-0.05, 0) is 38.0 Å². The summed E-state index contributed by atoms with van der Waals surface area (Å²) in [6.45, 7) is 8.06. The average molecular weight is 247 g/mol. The molecule has 0 aliphatic carbocycles. The van der Waals surface area contributed by atoms with Crippen LogP contribution in [0.4, 0.5) is 5.95 Å². The predicted molar refractivity (Wildman–Crippen MR) is 71.7 cm³/mol. The van der Waals surface area contributed by atoms with E-state index >= 15 is 0 Å². The highest BCUT2D eigenvalue weighted by molar-refractivity contribution is 5.29. The molecule has 3 rings (SSSR count). The third-order valence-corrected chi connectivity index (χ3v) is 3.93. The second kappa shape index (κ2) is 5.63. The number of hydrogen-bond donors (Lipinski definition) is 1. The van der Waals surface area contributed by atoms with E-state index in [1.807, 2.05) is 18.5 Å². The minimum absolute atomic E-state index is 0.875. The molecule has 2 fully saturated rings. The molecule has 5 heteroatoms. The Morgan fingerprint density at radius 3 is 2.44 bits per heavy atom. The molecule has 98 valence electrons. The fourth-order valence-electron chi connectivity index (χ4n) is 2.54. The molecule has 5 nitrogen and oxygen atoms in total. The van der Waals surface area contributed by atoms with Crippen LogP contribution < -0.4 is 10.2 Å². The van der Waals surface area contributed by atoms with E-state index in [1.165, 1.54) is 26.1 Å². The first-order valence-corrected chi connectivity index (χ1v) is 6.87. The minimum Gasteiger partial charge on any atom is -0.338 e. The number of rotatable bonds is 4. The van der Waals surface area contributed by atoms with Crippen LogP contribution in [-0.2, 0) is 0 Å². The van der Waals surface area contributed by atoms with Gasteiger partial charge in [-0.25, -0.2) is 9.97 Å². The molecule has 0 spiro atoms. The Bertz CT molecular complexity index is 357. The lowest BCUT2D eigenvalue weighted by molar-refractivity contribution is 0.216. The van der Waals surface area contributed by atoms with Gasteiger partial charge in [0, 0.05) is 38.6 Å². The fraction of sp³-hybridized carbons (Fsp3) is 0.692. The molecule has 1 aromatic heterocycles. The fourth-order valence-corrected chi connectivity index (χ4v) is 2.54. The molecule has 0 unspecified atom stereocenters. The summed E-state index contributed by atoms with van der Waals surface area (Å²) in [6.07, 6.45) is 4.98. The van der Waals surface area contributed by atoms with Crippen LogP contribution in [0.15, 0.2) is 18.5 Å². The Labute approximate surface area is 108 Å². The number of nitrogens with zero attached hydrogens (tertiary/aromatic N) is 4. The zero-order valence-electron chi connectivity index (χ0n) is 10.8. The molecule has 2 saturated heterocycles. The first kappa shape index (κ1) is 11.9. The zero-order valence-corrected chi connectivity index (χ0v) is 10.8. The highest BCUT2D eigenvalue weighted by Crippen LogP contribution is 2.13. The number of hydrogen-bond acceptors (Lipinski definition) is 5. The summed E-state index contributed by atoms with van der Waals surface area (Å²) in [6, 6.07) is 1.87. The molecule has 0 amide bonds. The van der Waals surface area contributed by atoms with Crippen LogP contribution in [0.5, 0.6) is 0 Å². The van der Waals surface area contributed by atoms with E-state index < -0.39 is 0 Å². The maximum atomic E-state index is 4.31. The van der Waals surface area contributed by atoms with Gasteiger partial charge >= 0.3 is 0 Å². The standard InChI is InChI=1S/C13H21N5/c1-3-15-13(16-4-1)18-8-6-17(7-9-18)5-2-12-10-14-11-12/h1,3-4,12,14H,2,5-11H2. The Balaban J connectivity index is 1.43. The molecular weight excluding hydrogens is 226 g/mol. The molecule has 0 radical (unpaired) electrons. The number of piperazine rings is 1. The van der Waals surface area contributed by atoms with Crippen molar-refractivity contribution in [1.82, 2.24) is 20.2 Å². The third kappa shape index (κ3) is 2.79. The van der Waals surface area contributed by atoms with E-state index in [0.29, 0.717) is 0 Å². The average Bonchev–Trinajstić information content (AvgIpc) is 2.39. The van der Waals surface area contributed by atoms with Crippen LogP contribution in [0.3, 0.4) is 0 Å². The zero-order chi connectivity index (χ0) is 12.2. The summed E-state index contributed by atoms with van der Waals surface area (Å²) in [5, 5.41) is 3.33. The maximum Gasteiger partial charge on any atom is 0.225 e. The molecule has 0 atom stereocenters. The van der Waals surface area contributed by atoms with Gasteiger partial charge in [0.05, 0.1) is 0 Å². The van der Waals surface area contributed by atoms with Crippen molar-refractivity contribution < 1.29 is 0 Å². The SMILES string of the molecule is c1cnc(N2CCN(CCC3CNC3)CC2)nc1. The second-order valence-electron chi connectivity index (χ2n) is 5.19. The lowest BCUT2D eigenvalue weighted by Gasteiger charge is -2.36. The van der Waals surface area contributed by atoms with Crippen LogP contribution in [0.1, 0.15) is 6.42 Å². The van der Waals surface area contributed by atoms with E-state index in [-0.39, 0.29) is 0 Å². The van der Waals surface area contributed by atoms with Crippen molar-refractivity contribution in [2.24, 2.45) is 5.92 Å². The van der Waals surface area contributed by atoms with E-state index in [1.54, 1.807) is 0 Å². The predicted octanol–water partition coefficient (Wildman–Crippen LogP) is 0.208. The van der Waals surface area contributed by atoms with Crippen molar-refractivity contribution in [1.29, 1.82) is 0 Å². The van der Waals surface area contributed by atoms with E-state index in [2.05, 4.69) is 25.1 Å². The topological polar surface area (TPSA) is 44.3 Å². The van der Waals surface area contributed by atoms with Crippen molar-refractivity contribution >= 4 is 5.95 Å². The largest absolute Gasteiger partial charge is 0.338 e. The smallest absolute Gasteiger partial charge is 0.225 e. The van der Waals surface area contributed by atoms with Gasteiger partial charge in [0.15, 0.2) is 0 Å². The third-order valence-electron chi connectivity index (χ3n) is 3.93.